The van der Waals surface area contributed by atoms with E-state index in [1.165, 1.54) is 20.0 Å². The molecule has 0 bridgehead atoms. The van der Waals surface area contributed by atoms with Gasteiger partial charge in [-0.25, -0.2) is 14.2 Å². The fraction of sp³-hybridized carbons (Fsp3) is 0.625. The third-order valence-corrected chi connectivity index (χ3v) is 4.16. The maximum atomic E-state index is 13.6. The number of amides is 3. The summed E-state index contributed by atoms with van der Waals surface area (Å²) in [4.78, 5) is 31.7. The van der Waals surface area contributed by atoms with Gasteiger partial charge in [-0.15, -0.1) is 0 Å². The van der Waals surface area contributed by atoms with Gasteiger partial charge in [0.2, 0.25) is 5.91 Å². The van der Waals surface area contributed by atoms with Crippen molar-refractivity contribution in [2.24, 2.45) is 5.92 Å². The zero-order chi connectivity index (χ0) is 18.4. The largest absolute Gasteiger partial charge is 0.467 e. The van der Waals surface area contributed by atoms with Crippen molar-refractivity contribution < 1.29 is 18.7 Å². The smallest absolute Gasteiger partial charge is 0.321 e. The maximum absolute atomic E-state index is 13.6. The topological polar surface area (TPSA) is 105 Å². The van der Waals surface area contributed by atoms with Gasteiger partial charge >= 0.3 is 12.0 Å². The molecule has 0 saturated heterocycles. The molecule has 0 atom stereocenters. The van der Waals surface area contributed by atoms with Crippen molar-refractivity contribution in [3.63, 3.8) is 0 Å². The molecule has 1 aliphatic carbocycles. The third kappa shape index (κ3) is 5.27. The molecule has 0 aliphatic heterocycles. The summed E-state index contributed by atoms with van der Waals surface area (Å²) in [5.74, 6) is -0.933. The first-order valence-electron chi connectivity index (χ1n) is 8.26. The second-order valence-corrected chi connectivity index (χ2v) is 6.62. The minimum Gasteiger partial charge on any atom is -0.467 e. The Morgan fingerprint density at radius 1 is 1.36 bits per heavy atom. The number of rotatable bonds is 6. The van der Waals surface area contributed by atoms with Gasteiger partial charge in [-0.1, -0.05) is 12.8 Å². The van der Waals surface area contributed by atoms with Crippen molar-refractivity contribution in [1.29, 1.82) is 0 Å². The summed E-state index contributed by atoms with van der Waals surface area (Å²) in [5.41, 5.74) is -1.16. The molecule has 3 amide bonds. The molecule has 1 heterocycles. The number of nitrogens with zero attached hydrogens (tertiary/aromatic N) is 2. The maximum Gasteiger partial charge on any atom is 0.321 e. The molecule has 25 heavy (non-hydrogen) atoms. The number of methoxy groups -OCH3 is 1. The van der Waals surface area contributed by atoms with E-state index in [1.54, 1.807) is 13.8 Å². The summed E-state index contributed by atoms with van der Waals surface area (Å²) >= 11 is 0. The summed E-state index contributed by atoms with van der Waals surface area (Å²) in [5, 5.41) is 7.63. The number of carbonyl (C=O) groups excluding carboxylic acids is 2. The first-order valence-corrected chi connectivity index (χ1v) is 8.26. The Bertz CT molecular complexity index is 632. The van der Waals surface area contributed by atoms with Crippen LogP contribution in [0.5, 0.6) is 6.01 Å². The Morgan fingerprint density at radius 2 is 2.04 bits per heavy atom. The third-order valence-electron chi connectivity index (χ3n) is 4.16. The van der Waals surface area contributed by atoms with Crippen molar-refractivity contribution in [3.8, 4) is 6.01 Å². The summed E-state index contributed by atoms with van der Waals surface area (Å²) in [6, 6.07) is -0.828. The number of ether oxygens (including phenoxy) is 1. The van der Waals surface area contributed by atoms with Gasteiger partial charge in [0.05, 0.1) is 13.3 Å². The molecule has 1 fully saturated rings. The van der Waals surface area contributed by atoms with Crippen LogP contribution in [0.25, 0.3) is 0 Å². The van der Waals surface area contributed by atoms with Crippen molar-refractivity contribution in [1.82, 2.24) is 20.6 Å². The molecule has 0 aromatic carbocycles. The molecule has 1 aliphatic rings. The van der Waals surface area contributed by atoms with E-state index in [1.807, 2.05) is 0 Å². The molecule has 3 N–H and O–H groups in total. The standard InChI is InChI=1S/C16H24FN5O3/c1-16(2,13(23)18-8-10-6-4-5-7-10)22-14(24)20-12-11(17)9-19-15(21-12)25-3/h9-10H,4-8H2,1-3H3,(H,18,23)(H2,19,20,21,22,24). The average molecular weight is 353 g/mol. The second-order valence-electron chi connectivity index (χ2n) is 6.62. The van der Waals surface area contributed by atoms with Crippen LogP contribution in [0.1, 0.15) is 39.5 Å². The lowest BCUT2D eigenvalue weighted by Crippen LogP contribution is -2.56. The van der Waals surface area contributed by atoms with Crippen LogP contribution >= 0.6 is 0 Å². The van der Waals surface area contributed by atoms with E-state index in [0.717, 1.165) is 19.0 Å². The molecule has 1 saturated carbocycles. The summed E-state index contributed by atoms with van der Waals surface area (Å²) in [6.45, 7) is 3.75. The fourth-order valence-electron chi connectivity index (χ4n) is 2.69. The van der Waals surface area contributed by atoms with Crippen LogP contribution in [0.15, 0.2) is 6.20 Å². The number of carbonyl (C=O) groups is 2. The average Bonchev–Trinajstić information content (AvgIpc) is 3.07. The molecule has 0 radical (unpaired) electrons. The molecule has 138 valence electrons. The van der Waals surface area contributed by atoms with E-state index < -0.39 is 17.4 Å². The van der Waals surface area contributed by atoms with Crippen molar-refractivity contribution in [3.05, 3.63) is 12.0 Å². The fourth-order valence-corrected chi connectivity index (χ4v) is 2.69. The minimum absolute atomic E-state index is 0.0785. The van der Waals surface area contributed by atoms with Gasteiger partial charge in [-0.05, 0) is 32.6 Å². The molecule has 0 unspecified atom stereocenters. The first-order chi connectivity index (χ1) is 11.8. The Hall–Kier alpha value is -2.45. The van der Waals surface area contributed by atoms with Gasteiger partial charge in [-0.2, -0.15) is 4.98 Å². The number of urea groups is 1. The highest BCUT2D eigenvalue weighted by molar-refractivity contribution is 5.95. The Balaban J connectivity index is 1.90. The van der Waals surface area contributed by atoms with Gasteiger partial charge in [0, 0.05) is 6.54 Å². The number of aromatic nitrogens is 2. The normalized spacial score (nSPS) is 14.9. The second kappa shape index (κ2) is 8.09. The van der Waals surface area contributed by atoms with Gasteiger partial charge in [0.25, 0.3) is 0 Å². The van der Waals surface area contributed by atoms with E-state index in [0.29, 0.717) is 12.5 Å². The molecule has 0 spiro atoms. The quantitative estimate of drug-likeness (QED) is 0.724. The van der Waals surface area contributed by atoms with Crippen molar-refractivity contribution >= 4 is 17.8 Å². The van der Waals surface area contributed by atoms with Crippen LogP contribution in [0, 0.1) is 11.7 Å². The zero-order valence-electron chi connectivity index (χ0n) is 14.7. The van der Waals surface area contributed by atoms with Crippen LogP contribution in [-0.2, 0) is 4.79 Å². The summed E-state index contributed by atoms with van der Waals surface area (Å²) < 4.78 is 18.4. The van der Waals surface area contributed by atoms with E-state index in [-0.39, 0.29) is 17.7 Å². The number of anilines is 1. The van der Waals surface area contributed by atoms with Crippen molar-refractivity contribution in [2.45, 2.75) is 45.1 Å². The van der Waals surface area contributed by atoms with Crippen LogP contribution in [0.4, 0.5) is 15.0 Å². The predicted molar refractivity (Wildman–Crippen MR) is 89.7 cm³/mol. The molecular weight excluding hydrogens is 329 g/mol. The van der Waals surface area contributed by atoms with E-state index in [9.17, 15) is 14.0 Å². The molecular formula is C16H24FN5O3. The highest BCUT2D eigenvalue weighted by Gasteiger charge is 2.30. The number of halogens is 1. The van der Waals surface area contributed by atoms with E-state index in [2.05, 4.69) is 25.9 Å². The lowest BCUT2D eigenvalue weighted by molar-refractivity contribution is -0.126. The molecule has 8 nitrogen and oxygen atoms in total. The number of hydrogen-bond donors (Lipinski definition) is 3. The van der Waals surface area contributed by atoms with Gasteiger partial charge in [0.1, 0.15) is 5.54 Å². The number of hydrogen-bond acceptors (Lipinski definition) is 5. The monoisotopic (exact) mass is 353 g/mol. The van der Waals surface area contributed by atoms with Crippen LogP contribution in [0.3, 0.4) is 0 Å². The highest BCUT2D eigenvalue weighted by Crippen LogP contribution is 2.23. The molecule has 1 aromatic rings. The van der Waals surface area contributed by atoms with Gasteiger partial charge in [-0.3, -0.25) is 10.1 Å². The zero-order valence-corrected chi connectivity index (χ0v) is 14.7. The van der Waals surface area contributed by atoms with Crippen LogP contribution in [0.2, 0.25) is 0 Å². The Morgan fingerprint density at radius 3 is 2.68 bits per heavy atom. The first kappa shape index (κ1) is 18.9. The number of nitrogens with one attached hydrogen (secondary N) is 3. The SMILES string of the molecule is COc1ncc(F)c(NC(=O)NC(C)(C)C(=O)NCC2CCCC2)n1. The lowest BCUT2D eigenvalue weighted by atomic mass is 10.0. The van der Waals surface area contributed by atoms with E-state index in [4.69, 9.17) is 4.74 Å². The molecule has 9 heteroatoms. The van der Waals surface area contributed by atoms with Crippen LogP contribution < -0.4 is 20.7 Å². The van der Waals surface area contributed by atoms with E-state index >= 15 is 0 Å². The molecule has 2 rings (SSSR count). The Kier molecular flexibility index (Phi) is 6.11. The lowest BCUT2D eigenvalue weighted by Gasteiger charge is -2.26. The predicted octanol–water partition coefficient (Wildman–Crippen LogP) is 1.83. The van der Waals surface area contributed by atoms with Gasteiger partial charge < -0.3 is 15.4 Å². The summed E-state index contributed by atoms with van der Waals surface area (Å²) in [7, 11) is 1.33. The van der Waals surface area contributed by atoms with Crippen molar-refractivity contribution in [2.75, 3.05) is 19.0 Å². The minimum atomic E-state index is -1.16. The Labute approximate surface area is 145 Å². The summed E-state index contributed by atoms with van der Waals surface area (Å²) in [6.07, 6.45) is 5.50. The molecule has 1 aromatic heterocycles. The van der Waals surface area contributed by atoms with Gasteiger partial charge in [0.15, 0.2) is 11.6 Å². The highest BCUT2D eigenvalue weighted by atomic mass is 19.1. The van der Waals surface area contributed by atoms with Crippen LogP contribution in [-0.4, -0.2) is 41.1 Å².